The van der Waals surface area contributed by atoms with E-state index in [0.717, 1.165) is 6.26 Å². The van der Waals surface area contributed by atoms with Gasteiger partial charge in [-0.2, -0.15) is 0 Å². The molecule has 0 aliphatic heterocycles. The van der Waals surface area contributed by atoms with Crippen LogP contribution < -0.4 is 0 Å². The number of hydrogen-bond donors (Lipinski definition) is 0. The molecule has 0 N–H and O–H groups in total. The lowest BCUT2D eigenvalue weighted by Gasteiger charge is -2.03. The molecule has 0 bridgehead atoms. The van der Waals surface area contributed by atoms with Gasteiger partial charge in [-0.15, -0.1) is 0 Å². The maximum absolute atomic E-state index is 11.2. The van der Waals surface area contributed by atoms with E-state index in [1.807, 2.05) is 0 Å². The quantitative estimate of drug-likeness (QED) is 0.747. The maximum atomic E-state index is 11.2. The molecule has 0 unspecified atom stereocenters. The third kappa shape index (κ3) is 2.59. The van der Waals surface area contributed by atoms with Crippen LogP contribution in [0, 0.1) is 0 Å². The highest BCUT2D eigenvalue weighted by atomic mass is 79.9. The van der Waals surface area contributed by atoms with Crippen molar-refractivity contribution in [2.45, 2.75) is 4.90 Å². The van der Waals surface area contributed by atoms with E-state index in [1.54, 1.807) is 0 Å². The van der Waals surface area contributed by atoms with Gasteiger partial charge < -0.3 is 0 Å². The topological polar surface area (TPSA) is 34.1 Å². The first-order chi connectivity index (χ1) is 5.82. The van der Waals surface area contributed by atoms with Crippen LogP contribution in [0.15, 0.2) is 21.5 Å². The largest absolute Gasteiger partial charge is 0.224 e. The molecule has 0 saturated heterocycles. The summed E-state index contributed by atoms with van der Waals surface area (Å²) in [6, 6.07) is 2.78. The van der Waals surface area contributed by atoms with Crippen LogP contribution in [0.3, 0.4) is 0 Å². The molecular weight excluding hydrogens is 299 g/mol. The fraction of sp³-hybridized carbons (Fsp3) is 0.143. The first-order valence-electron chi connectivity index (χ1n) is 3.17. The lowest BCUT2D eigenvalue weighted by atomic mass is 10.4. The zero-order valence-corrected chi connectivity index (χ0v) is 10.4. The van der Waals surface area contributed by atoms with E-state index in [0.29, 0.717) is 9.50 Å². The Labute approximate surface area is 94.9 Å². The van der Waals surface area contributed by atoms with Gasteiger partial charge in [-0.3, -0.25) is 0 Å². The highest BCUT2D eigenvalue weighted by Gasteiger charge is 2.14. The van der Waals surface area contributed by atoms with Crippen LogP contribution in [0.1, 0.15) is 0 Å². The molecule has 0 fully saturated rings. The highest BCUT2D eigenvalue weighted by Crippen LogP contribution is 2.31. The second-order valence-electron chi connectivity index (χ2n) is 2.47. The predicted octanol–water partition coefficient (Wildman–Crippen LogP) is 3.16. The Morgan fingerprint density at radius 2 is 1.77 bits per heavy atom. The highest BCUT2D eigenvalue weighted by molar-refractivity contribution is 9.10. The molecule has 72 valence electrons. The van der Waals surface area contributed by atoms with Crippen molar-refractivity contribution in [1.82, 2.24) is 0 Å². The van der Waals surface area contributed by atoms with Crippen LogP contribution in [-0.2, 0) is 9.84 Å². The molecule has 0 heterocycles. The summed E-state index contributed by atoms with van der Waals surface area (Å²) >= 11 is 14.5. The third-order valence-corrected chi connectivity index (χ3v) is 4.13. The molecule has 6 heteroatoms. The number of halogens is 3. The average Bonchev–Trinajstić information content (AvgIpc) is 1.94. The second kappa shape index (κ2) is 3.77. The number of rotatable bonds is 1. The fourth-order valence-corrected chi connectivity index (χ4v) is 2.83. The third-order valence-electron chi connectivity index (χ3n) is 1.37. The van der Waals surface area contributed by atoms with Gasteiger partial charge >= 0.3 is 0 Å². The second-order valence-corrected chi connectivity index (χ2v) is 6.12. The van der Waals surface area contributed by atoms with Crippen molar-refractivity contribution in [1.29, 1.82) is 0 Å². The Morgan fingerprint density at radius 3 is 2.23 bits per heavy atom. The number of hydrogen-bond acceptors (Lipinski definition) is 2. The average molecular weight is 304 g/mol. The van der Waals surface area contributed by atoms with Crippen LogP contribution in [-0.4, -0.2) is 14.7 Å². The zero-order valence-electron chi connectivity index (χ0n) is 6.51. The van der Waals surface area contributed by atoms with Gasteiger partial charge in [0.05, 0.1) is 14.9 Å². The van der Waals surface area contributed by atoms with Crippen LogP contribution in [0.2, 0.25) is 10.0 Å². The molecule has 1 aromatic carbocycles. The summed E-state index contributed by atoms with van der Waals surface area (Å²) in [5.41, 5.74) is 0. The van der Waals surface area contributed by atoms with Crippen molar-refractivity contribution < 1.29 is 8.42 Å². The van der Waals surface area contributed by atoms with Crippen molar-refractivity contribution >= 4 is 49.0 Å². The van der Waals surface area contributed by atoms with Crippen molar-refractivity contribution in [2.24, 2.45) is 0 Å². The van der Waals surface area contributed by atoms with E-state index >= 15 is 0 Å². The van der Waals surface area contributed by atoms with Crippen LogP contribution >= 0.6 is 39.1 Å². The molecule has 0 amide bonds. The summed E-state index contributed by atoms with van der Waals surface area (Å²) in [6.07, 6.45) is 1.09. The van der Waals surface area contributed by atoms with Gasteiger partial charge in [-0.05, 0) is 28.1 Å². The minimum atomic E-state index is -3.29. The minimum absolute atomic E-state index is 0.0745. The molecule has 1 aromatic rings. The van der Waals surface area contributed by atoms with E-state index in [9.17, 15) is 8.42 Å². The predicted molar refractivity (Wildman–Crippen MR) is 57.3 cm³/mol. The minimum Gasteiger partial charge on any atom is -0.224 e. The van der Waals surface area contributed by atoms with Gasteiger partial charge in [0.25, 0.3) is 0 Å². The Kier molecular flexibility index (Phi) is 3.28. The van der Waals surface area contributed by atoms with E-state index in [4.69, 9.17) is 23.2 Å². The summed E-state index contributed by atoms with van der Waals surface area (Å²) in [6.45, 7) is 0. The van der Waals surface area contributed by atoms with Gasteiger partial charge in [-0.25, -0.2) is 8.42 Å². The van der Waals surface area contributed by atoms with Gasteiger partial charge in [-0.1, -0.05) is 23.2 Å². The Morgan fingerprint density at radius 1 is 1.23 bits per heavy atom. The van der Waals surface area contributed by atoms with Crippen LogP contribution in [0.5, 0.6) is 0 Å². The van der Waals surface area contributed by atoms with Crippen molar-refractivity contribution in [3.05, 3.63) is 26.7 Å². The molecule has 0 aliphatic carbocycles. The van der Waals surface area contributed by atoms with Crippen LogP contribution in [0.25, 0.3) is 0 Å². The maximum Gasteiger partial charge on any atom is 0.177 e. The number of sulfone groups is 1. The lowest BCUT2D eigenvalue weighted by molar-refractivity contribution is 0.602. The summed E-state index contributed by atoms with van der Waals surface area (Å²) in [5.74, 6) is 0. The van der Waals surface area contributed by atoms with Gasteiger partial charge in [0, 0.05) is 10.7 Å². The van der Waals surface area contributed by atoms with E-state index in [2.05, 4.69) is 15.9 Å². The van der Waals surface area contributed by atoms with Gasteiger partial charge in [0.2, 0.25) is 0 Å². The smallest absolute Gasteiger partial charge is 0.177 e. The molecule has 0 radical (unpaired) electrons. The first-order valence-corrected chi connectivity index (χ1v) is 6.61. The monoisotopic (exact) mass is 302 g/mol. The molecule has 0 aliphatic rings. The summed E-state index contributed by atoms with van der Waals surface area (Å²) < 4.78 is 22.9. The SMILES string of the molecule is CS(=O)(=O)c1cc(Br)c(Cl)cc1Cl. The van der Waals surface area contributed by atoms with E-state index in [-0.39, 0.29) is 9.92 Å². The molecule has 0 atom stereocenters. The van der Waals surface area contributed by atoms with Gasteiger partial charge in [0.15, 0.2) is 9.84 Å². The van der Waals surface area contributed by atoms with Crippen molar-refractivity contribution in [3.8, 4) is 0 Å². The lowest BCUT2D eigenvalue weighted by Crippen LogP contribution is -1.98. The van der Waals surface area contributed by atoms with Gasteiger partial charge in [0.1, 0.15) is 0 Å². The molecule has 13 heavy (non-hydrogen) atoms. The van der Waals surface area contributed by atoms with Crippen molar-refractivity contribution in [2.75, 3.05) is 6.26 Å². The molecule has 2 nitrogen and oxygen atoms in total. The molecule has 0 spiro atoms. The standard InChI is InChI=1S/C7H5BrCl2O2S/c1-13(11,12)7-2-4(8)5(9)3-6(7)10/h2-3H,1H3. The number of benzene rings is 1. The summed E-state index contributed by atoms with van der Waals surface area (Å²) in [5, 5.41) is 0.521. The van der Waals surface area contributed by atoms with Crippen LogP contribution in [0.4, 0.5) is 0 Å². The molecule has 0 aromatic heterocycles. The Bertz CT molecular complexity index is 442. The van der Waals surface area contributed by atoms with E-state index in [1.165, 1.54) is 12.1 Å². The Balaban J connectivity index is 3.50. The fourth-order valence-electron chi connectivity index (χ4n) is 0.788. The van der Waals surface area contributed by atoms with Crippen molar-refractivity contribution in [3.63, 3.8) is 0 Å². The summed E-state index contributed by atoms with van der Waals surface area (Å²) in [7, 11) is -3.29. The molecule has 0 saturated carbocycles. The molecular formula is C7H5BrCl2O2S. The molecule has 1 rings (SSSR count). The zero-order chi connectivity index (χ0) is 10.2. The van der Waals surface area contributed by atoms with E-state index < -0.39 is 9.84 Å². The normalized spacial score (nSPS) is 11.7. The first kappa shape index (κ1) is 11.3. The summed E-state index contributed by atoms with van der Waals surface area (Å²) in [4.78, 5) is 0.0745. The Hall–Kier alpha value is 0.230.